The molecule has 39 heavy (non-hydrogen) atoms. The molecule has 202 valence electrons. The van der Waals surface area contributed by atoms with E-state index in [9.17, 15) is 19.5 Å². The predicted molar refractivity (Wildman–Crippen MR) is 151 cm³/mol. The summed E-state index contributed by atoms with van der Waals surface area (Å²) >= 11 is 21.2. The maximum Gasteiger partial charge on any atom is 0.352 e. The average molecular weight is 626 g/mol. The Bertz CT molecular complexity index is 1480. The minimum absolute atomic E-state index is 0.133. The van der Waals surface area contributed by atoms with Gasteiger partial charge in [-0.1, -0.05) is 40.9 Å². The normalized spacial score (nSPS) is 18.3. The van der Waals surface area contributed by atoms with Crippen molar-refractivity contribution in [1.29, 1.82) is 0 Å². The van der Waals surface area contributed by atoms with Crippen LogP contribution in [-0.4, -0.2) is 51.6 Å². The number of β-lactam (4-membered cyclic amide) rings is 1. The summed E-state index contributed by atoms with van der Waals surface area (Å²) in [6.07, 6.45) is 0.158. The van der Waals surface area contributed by atoms with Crippen molar-refractivity contribution < 1.29 is 29.0 Å². The molecule has 0 bridgehead atoms. The molecule has 2 N–H and O–H groups in total. The van der Waals surface area contributed by atoms with E-state index in [2.05, 4.69) is 5.32 Å². The topological polar surface area (TPSA) is 105 Å². The van der Waals surface area contributed by atoms with Gasteiger partial charge in [-0.25, -0.2) is 4.79 Å². The number of hydrogen-bond acceptors (Lipinski definition) is 7. The van der Waals surface area contributed by atoms with E-state index in [4.69, 9.17) is 44.3 Å². The van der Waals surface area contributed by atoms with Crippen LogP contribution in [0, 0.1) is 0 Å². The number of rotatable bonds is 9. The number of hydrogen-bond donors (Lipinski definition) is 2. The molecular weight excluding hydrogens is 607 g/mol. The minimum Gasteiger partial charge on any atom is -0.485 e. The minimum atomic E-state index is -1.26. The number of halogens is 3. The monoisotopic (exact) mass is 624 g/mol. The van der Waals surface area contributed by atoms with Crippen molar-refractivity contribution in [2.45, 2.75) is 17.8 Å². The Morgan fingerprint density at radius 3 is 2.49 bits per heavy atom. The van der Waals surface area contributed by atoms with Gasteiger partial charge >= 0.3 is 5.97 Å². The molecular formula is C26H19Cl3N2O6S2. The molecule has 8 nitrogen and oxygen atoms in total. The molecule has 0 saturated carbocycles. The summed E-state index contributed by atoms with van der Waals surface area (Å²) in [5.74, 6) is -0.847. The molecule has 1 fully saturated rings. The molecule has 2 atom stereocenters. The fourth-order valence-corrected chi connectivity index (χ4v) is 6.75. The highest BCUT2D eigenvalue weighted by atomic mass is 35.5. The number of amides is 2. The zero-order valence-electron chi connectivity index (χ0n) is 19.9. The van der Waals surface area contributed by atoms with Gasteiger partial charge in [-0.2, -0.15) is 0 Å². The second-order valence-corrected chi connectivity index (χ2v) is 11.9. The first-order valence-corrected chi connectivity index (χ1v) is 14.5. The molecule has 3 aromatic rings. The SMILES string of the molecule is O=C(Cc1cccs1)NC1C(=O)N2C(C(=O)O)=C(COc3cc(Cl)ccc3Oc3ccc(Cl)cc3Cl)CSC12. The number of aliphatic carboxylic acids is 1. The zero-order chi connectivity index (χ0) is 27.7. The number of carbonyl (C=O) groups excluding carboxylic acids is 2. The fraction of sp³-hybridized carbons (Fsp3) is 0.192. The third kappa shape index (κ3) is 6.00. The quantitative estimate of drug-likeness (QED) is 0.287. The summed E-state index contributed by atoms with van der Waals surface area (Å²) in [4.78, 5) is 39.6. The lowest BCUT2D eigenvalue weighted by Gasteiger charge is -2.49. The Balaban J connectivity index is 1.30. The Morgan fingerprint density at radius 1 is 1.05 bits per heavy atom. The summed E-state index contributed by atoms with van der Waals surface area (Å²) in [6.45, 7) is -0.133. The van der Waals surface area contributed by atoms with Crippen LogP contribution >= 0.6 is 57.9 Å². The van der Waals surface area contributed by atoms with Crippen molar-refractivity contribution in [3.63, 3.8) is 0 Å². The van der Waals surface area contributed by atoms with Gasteiger partial charge in [-0.15, -0.1) is 23.1 Å². The van der Waals surface area contributed by atoms with Crippen LogP contribution in [0.5, 0.6) is 17.2 Å². The first-order chi connectivity index (χ1) is 18.7. The maximum atomic E-state index is 12.9. The molecule has 2 aromatic carbocycles. The Morgan fingerprint density at radius 2 is 1.79 bits per heavy atom. The van der Waals surface area contributed by atoms with Gasteiger partial charge in [-0.05, 0) is 41.8 Å². The van der Waals surface area contributed by atoms with Crippen LogP contribution in [0.25, 0.3) is 0 Å². The number of carboxylic acid groups (broad SMARTS) is 1. The van der Waals surface area contributed by atoms with E-state index >= 15 is 0 Å². The van der Waals surface area contributed by atoms with Crippen molar-refractivity contribution in [2.75, 3.05) is 12.4 Å². The van der Waals surface area contributed by atoms with E-state index in [0.717, 1.165) is 4.88 Å². The number of carboxylic acids is 1. The van der Waals surface area contributed by atoms with Gasteiger partial charge in [0, 0.05) is 32.3 Å². The van der Waals surface area contributed by atoms with Gasteiger partial charge in [0.25, 0.3) is 5.91 Å². The molecule has 1 aromatic heterocycles. The van der Waals surface area contributed by atoms with Crippen LogP contribution in [0.1, 0.15) is 4.88 Å². The van der Waals surface area contributed by atoms with Crippen molar-refractivity contribution >= 4 is 75.7 Å². The van der Waals surface area contributed by atoms with Gasteiger partial charge in [0.15, 0.2) is 11.5 Å². The molecule has 1 saturated heterocycles. The Kier molecular flexibility index (Phi) is 8.29. The van der Waals surface area contributed by atoms with E-state index in [1.165, 1.54) is 40.1 Å². The van der Waals surface area contributed by atoms with E-state index in [1.807, 2.05) is 17.5 Å². The molecule has 2 amide bonds. The number of ether oxygens (including phenoxy) is 2. The van der Waals surface area contributed by atoms with Crippen LogP contribution in [0.2, 0.25) is 15.1 Å². The van der Waals surface area contributed by atoms with E-state index < -0.39 is 23.3 Å². The van der Waals surface area contributed by atoms with Crippen LogP contribution < -0.4 is 14.8 Å². The highest BCUT2D eigenvalue weighted by molar-refractivity contribution is 8.00. The third-order valence-corrected chi connectivity index (χ3v) is 8.88. The molecule has 0 radical (unpaired) electrons. The molecule has 2 aliphatic heterocycles. The van der Waals surface area contributed by atoms with Gasteiger partial charge < -0.3 is 19.9 Å². The maximum absolute atomic E-state index is 12.9. The van der Waals surface area contributed by atoms with Gasteiger partial charge in [0.05, 0.1) is 11.4 Å². The van der Waals surface area contributed by atoms with Crippen LogP contribution in [0.4, 0.5) is 0 Å². The molecule has 0 spiro atoms. The van der Waals surface area contributed by atoms with Gasteiger partial charge in [-0.3, -0.25) is 14.5 Å². The summed E-state index contributed by atoms with van der Waals surface area (Å²) in [7, 11) is 0. The van der Waals surface area contributed by atoms with E-state index in [0.29, 0.717) is 32.1 Å². The zero-order valence-corrected chi connectivity index (χ0v) is 23.8. The first-order valence-electron chi connectivity index (χ1n) is 11.5. The number of thiophene rings is 1. The second-order valence-electron chi connectivity index (χ2n) is 8.52. The molecule has 2 aliphatic rings. The number of thioether (sulfide) groups is 1. The molecule has 3 heterocycles. The summed E-state index contributed by atoms with van der Waals surface area (Å²) in [5, 5.41) is 15.2. The Labute approximate surface area is 246 Å². The highest BCUT2D eigenvalue weighted by Crippen LogP contribution is 2.42. The average Bonchev–Trinajstić information content (AvgIpc) is 3.41. The fourth-order valence-electron chi connectivity index (χ4n) is 4.11. The van der Waals surface area contributed by atoms with Crippen LogP contribution in [-0.2, 0) is 20.8 Å². The summed E-state index contributed by atoms with van der Waals surface area (Å²) < 4.78 is 11.9. The lowest BCUT2D eigenvalue weighted by molar-refractivity contribution is -0.150. The van der Waals surface area contributed by atoms with Gasteiger partial charge in [0.2, 0.25) is 5.91 Å². The molecule has 2 unspecified atom stereocenters. The predicted octanol–water partition coefficient (Wildman–Crippen LogP) is 5.86. The highest BCUT2D eigenvalue weighted by Gasteiger charge is 2.54. The smallest absolute Gasteiger partial charge is 0.352 e. The van der Waals surface area contributed by atoms with E-state index in [1.54, 1.807) is 24.3 Å². The van der Waals surface area contributed by atoms with Crippen molar-refractivity contribution in [3.8, 4) is 17.2 Å². The standard InChI is InChI=1S/C26H19Cl3N2O6S2/c27-14-3-5-18(17(29)8-14)37-19-6-4-15(28)9-20(19)36-11-13-12-39-25-22(24(33)31(25)23(13)26(34)35)30-21(32)10-16-2-1-7-38-16/h1-9,22,25H,10-12H2,(H,30,32)(H,34,35). The molecule has 5 rings (SSSR count). The van der Waals surface area contributed by atoms with E-state index in [-0.39, 0.29) is 36.1 Å². The van der Waals surface area contributed by atoms with Gasteiger partial charge in [0.1, 0.15) is 29.5 Å². The molecule has 0 aliphatic carbocycles. The third-order valence-electron chi connectivity index (χ3n) is 5.90. The number of carbonyl (C=O) groups is 3. The number of fused-ring (bicyclic) bond motifs is 1. The number of benzene rings is 2. The van der Waals surface area contributed by atoms with Crippen molar-refractivity contribution in [1.82, 2.24) is 10.2 Å². The van der Waals surface area contributed by atoms with Crippen LogP contribution in [0.15, 0.2) is 65.2 Å². The van der Waals surface area contributed by atoms with Crippen LogP contribution in [0.3, 0.4) is 0 Å². The largest absolute Gasteiger partial charge is 0.485 e. The van der Waals surface area contributed by atoms with Crippen molar-refractivity contribution in [3.05, 3.63) is 85.1 Å². The number of nitrogens with zero attached hydrogens (tertiary/aromatic N) is 1. The molecule has 13 heteroatoms. The Hall–Kier alpha value is -2.89. The lowest BCUT2D eigenvalue weighted by atomic mass is 10.0. The second kappa shape index (κ2) is 11.7. The summed E-state index contributed by atoms with van der Waals surface area (Å²) in [5.41, 5.74) is 0.244. The first kappa shape index (κ1) is 27.7. The van der Waals surface area contributed by atoms with Crippen molar-refractivity contribution in [2.24, 2.45) is 0 Å². The summed E-state index contributed by atoms with van der Waals surface area (Å²) in [6, 6.07) is 12.4. The lowest BCUT2D eigenvalue weighted by Crippen LogP contribution is -2.70. The number of nitrogens with one attached hydrogen (secondary N) is 1.